The van der Waals surface area contributed by atoms with Gasteiger partial charge < -0.3 is 16.3 Å². The molecule has 2 rings (SSSR count). The van der Waals surface area contributed by atoms with Crippen molar-refractivity contribution in [3.05, 3.63) is 28.8 Å². The van der Waals surface area contributed by atoms with Crippen molar-refractivity contribution in [3.63, 3.8) is 0 Å². The fraction of sp³-hybridized carbons (Fsp3) is 0.467. The van der Waals surface area contributed by atoms with Crippen LogP contribution >= 0.6 is 11.6 Å². The molecule has 1 aromatic rings. The minimum absolute atomic E-state index is 0.000599. The second-order valence-corrected chi connectivity index (χ2v) is 6.16. The molecule has 114 valence electrons. The Bertz CT molecular complexity index is 566. The zero-order chi connectivity index (χ0) is 15.5. The molecule has 21 heavy (non-hydrogen) atoms. The molecule has 1 aromatic carbocycles. The Morgan fingerprint density at radius 1 is 1.38 bits per heavy atom. The van der Waals surface area contributed by atoms with E-state index in [0.29, 0.717) is 16.3 Å². The van der Waals surface area contributed by atoms with Crippen LogP contribution in [0.3, 0.4) is 0 Å². The third-order valence-corrected chi connectivity index (χ3v) is 4.44. The number of halogens is 1. The largest absolute Gasteiger partial charge is 0.409 e. The van der Waals surface area contributed by atoms with Gasteiger partial charge in [0.2, 0.25) is 5.91 Å². The lowest BCUT2D eigenvalue weighted by Crippen LogP contribution is -2.35. The molecule has 1 aliphatic carbocycles. The molecule has 1 fully saturated rings. The summed E-state index contributed by atoms with van der Waals surface area (Å²) < 4.78 is 0. The number of oxime groups is 1. The lowest BCUT2D eigenvalue weighted by Gasteiger charge is -2.32. The topological polar surface area (TPSA) is 87.7 Å². The van der Waals surface area contributed by atoms with Crippen molar-refractivity contribution in [2.24, 2.45) is 16.3 Å². The Labute approximate surface area is 129 Å². The van der Waals surface area contributed by atoms with Crippen molar-refractivity contribution >= 4 is 29.0 Å². The quantitative estimate of drug-likeness (QED) is 0.346. The van der Waals surface area contributed by atoms with Crippen molar-refractivity contribution in [1.29, 1.82) is 0 Å². The Balaban J connectivity index is 2.14. The third kappa shape index (κ3) is 3.47. The molecule has 1 aliphatic rings. The summed E-state index contributed by atoms with van der Waals surface area (Å²) in [5.74, 6) is -0.0188. The molecule has 5 nitrogen and oxygen atoms in total. The number of nitrogens with two attached hydrogens (primary N) is 1. The Morgan fingerprint density at radius 3 is 2.62 bits per heavy atom. The van der Waals surface area contributed by atoms with E-state index >= 15 is 0 Å². The monoisotopic (exact) mass is 309 g/mol. The van der Waals surface area contributed by atoms with Gasteiger partial charge in [-0.05, 0) is 31.0 Å². The molecule has 0 heterocycles. The number of carbonyl (C=O) groups excluding carboxylic acids is 1. The number of benzene rings is 1. The Kier molecular flexibility index (Phi) is 4.73. The number of amidine groups is 1. The Morgan fingerprint density at radius 2 is 2.05 bits per heavy atom. The lowest BCUT2D eigenvalue weighted by atomic mass is 9.75. The summed E-state index contributed by atoms with van der Waals surface area (Å²) in [4.78, 5) is 12.5. The van der Waals surface area contributed by atoms with Gasteiger partial charge in [-0.15, -0.1) is 0 Å². The average Bonchev–Trinajstić information content (AvgIpc) is 2.49. The number of nitrogens with zero attached hydrogens (tertiary/aromatic N) is 1. The smallest absolute Gasteiger partial charge is 0.230 e. The third-order valence-electron chi connectivity index (χ3n) is 4.13. The van der Waals surface area contributed by atoms with E-state index in [4.69, 9.17) is 22.5 Å². The summed E-state index contributed by atoms with van der Waals surface area (Å²) in [7, 11) is 0. The van der Waals surface area contributed by atoms with E-state index in [2.05, 4.69) is 10.5 Å². The summed E-state index contributed by atoms with van der Waals surface area (Å²) in [5.41, 5.74) is 6.23. The van der Waals surface area contributed by atoms with Gasteiger partial charge in [0.05, 0.1) is 10.7 Å². The first-order valence-corrected chi connectivity index (χ1v) is 7.43. The molecule has 0 aromatic heterocycles. The van der Waals surface area contributed by atoms with E-state index in [1.807, 2.05) is 6.92 Å². The van der Waals surface area contributed by atoms with E-state index in [1.54, 1.807) is 18.2 Å². The number of nitrogens with one attached hydrogen (secondary N) is 1. The van der Waals surface area contributed by atoms with Crippen LogP contribution in [-0.2, 0) is 4.79 Å². The normalized spacial score (nSPS) is 18.3. The van der Waals surface area contributed by atoms with Crippen LogP contribution in [0.4, 0.5) is 5.69 Å². The van der Waals surface area contributed by atoms with Crippen molar-refractivity contribution in [2.45, 2.75) is 39.0 Å². The fourth-order valence-corrected chi connectivity index (χ4v) is 2.89. The molecule has 1 amide bonds. The summed E-state index contributed by atoms with van der Waals surface area (Å²) in [6.07, 6.45) is 5.16. The van der Waals surface area contributed by atoms with Crippen LogP contribution in [-0.4, -0.2) is 17.0 Å². The maximum absolute atomic E-state index is 12.5. The van der Waals surface area contributed by atoms with Gasteiger partial charge in [-0.25, -0.2) is 0 Å². The minimum atomic E-state index is -0.328. The van der Waals surface area contributed by atoms with Crippen molar-refractivity contribution in [1.82, 2.24) is 0 Å². The Hall–Kier alpha value is -1.75. The second-order valence-electron chi connectivity index (χ2n) is 5.76. The average molecular weight is 310 g/mol. The molecular formula is C15H20ClN3O2. The van der Waals surface area contributed by atoms with Crippen LogP contribution in [0.5, 0.6) is 0 Å². The molecular weight excluding hydrogens is 290 g/mol. The van der Waals surface area contributed by atoms with Gasteiger partial charge in [0.15, 0.2) is 5.84 Å². The van der Waals surface area contributed by atoms with E-state index in [9.17, 15) is 4.79 Å². The van der Waals surface area contributed by atoms with E-state index in [-0.39, 0.29) is 17.2 Å². The molecule has 0 aliphatic heterocycles. The standard InChI is InChI=1S/C15H20ClN3O2/c1-15(7-3-2-4-8-15)14(20)18-12-6-5-10(9-11(12)16)13(17)19-21/h5-6,9,21H,2-4,7-8H2,1H3,(H2,17,19)(H,18,20). The highest BCUT2D eigenvalue weighted by Gasteiger charge is 2.34. The zero-order valence-corrected chi connectivity index (χ0v) is 12.8. The maximum Gasteiger partial charge on any atom is 0.230 e. The first-order chi connectivity index (χ1) is 9.96. The van der Waals surface area contributed by atoms with Crippen LogP contribution in [0.25, 0.3) is 0 Å². The van der Waals surface area contributed by atoms with Gasteiger partial charge in [-0.2, -0.15) is 0 Å². The lowest BCUT2D eigenvalue weighted by molar-refractivity contribution is -0.126. The van der Waals surface area contributed by atoms with Gasteiger partial charge in [-0.1, -0.05) is 42.9 Å². The van der Waals surface area contributed by atoms with Gasteiger partial charge >= 0.3 is 0 Å². The van der Waals surface area contributed by atoms with Gasteiger partial charge in [0.1, 0.15) is 0 Å². The molecule has 0 radical (unpaired) electrons. The van der Waals surface area contributed by atoms with Crippen LogP contribution < -0.4 is 11.1 Å². The van der Waals surface area contributed by atoms with Gasteiger partial charge in [0, 0.05) is 11.0 Å². The summed E-state index contributed by atoms with van der Waals surface area (Å²) >= 11 is 6.15. The van der Waals surface area contributed by atoms with E-state index in [1.165, 1.54) is 6.42 Å². The number of anilines is 1. The summed E-state index contributed by atoms with van der Waals surface area (Å²) in [6, 6.07) is 4.88. The van der Waals surface area contributed by atoms with Crippen LogP contribution in [0, 0.1) is 5.41 Å². The molecule has 0 bridgehead atoms. The predicted octanol–water partition coefficient (Wildman–Crippen LogP) is 3.34. The predicted molar refractivity (Wildman–Crippen MR) is 83.8 cm³/mol. The van der Waals surface area contributed by atoms with Crippen molar-refractivity contribution in [2.75, 3.05) is 5.32 Å². The molecule has 0 spiro atoms. The first kappa shape index (κ1) is 15.6. The number of carbonyl (C=O) groups is 1. The number of rotatable bonds is 3. The van der Waals surface area contributed by atoms with Gasteiger partial charge in [-0.3, -0.25) is 4.79 Å². The molecule has 6 heteroatoms. The summed E-state index contributed by atoms with van der Waals surface area (Å²) in [5, 5.41) is 14.8. The van der Waals surface area contributed by atoms with Crippen molar-refractivity contribution in [3.8, 4) is 0 Å². The molecule has 0 unspecified atom stereocenters. The van der Waals surface area contributed by atoms with Crippen molar-refractivity contribution < 1.29 is 10.0 Å². The fourth-order valence-electron chi connectivity index (χ4n) is 2.67. The number of hydrogen-bond acceptors (Lipinski definition) is 3. The maximum atomic E-state index is 12.5. The SMILES string of the molecule is CC1(C(=O)Nc2ccc(/C(N)=N/O)cc2Cl)CCCCC1. The van der Waals surface area contributed by atoms with E-state index < -0.39 is 0 Å². The number of hydrogen-bond donors (Lipinski definition) is 3. The summed E-state index contributed by atoms with van der Waals surface area (Å²) in [6.45, 7) is 2.00. The highest BCUT2D eigenvalue weighted by atomic mass is 35.5. The van der Waals surface area contributed by atoms with Crippen LogP contribution in [0.15, 0.2) is 23.4 Å². The van der Waals surface area contributed by atoms with Gasteiger partial charge in [0.25, 0.3) is 0 Å². The molecule has 0 saturated heterocycles. The molecule has 1 saturated carbocycles. The first-order valence-electron chi connectivity index (χ1n) is 7.05. The highest BCUT2D eigenvalue weighted by Crippen LogP contribution is 2.37. The molecule has 4 N–H and O–H groups in total. The minimum Gasteiger partial charge on any atom is -0.409 e. The highest BCUT2D eigenvalue weighted by molar-refractivity contribution is 6.34. The van der Waals surface area contributed by atoms with E-state index in [0.717, 1.165) is 25.7 Å². The van der Waals surface area contributed by atoms with Crippen LogP contribution in [0.2, 0.25) is 5.02 Å². The van der Waals surface area contributed by atoms with Crippen LogP contribution in [0.1, 0.15) is 44.6 Å². The zero-order valence-electron chi connectivity index (χ0n) is 12.0. The second kappa shape index (κ2) is 6.35. The number of amides is 1. The molecule has 0 atom stereocenters.